The van der Waals surface area contributed by atoms with Gasteiger partial charge in [0.25, 0.3) is 0 Å². The van der Waals surface area contributed by atoms with E-state index in [4.69, 9.17) is 22.7 Å². The molecule has 2 rings (SSSR count). The molecule has 0 aromatic carbocycles. The van der Waals surface area contributed by atoms with Gasteiger partial charge in [-0.05, 0) is 13.0 Å². The molecule has 1 amide bonds. The van der Waals surface area contributed by atoms with Gasteiger partial charge in [-0.2, -0.15) is 5.10 Å². The minimum absolute atomic E-state index is 0.277. The SMILES string of the molecule is CCOC(=O)N1CCN(c2nnccc2C(N)=S)CC1. The van der Waals surface area contributed by atoms with Gasteiger partial charge in [0.2, 0.25) is 0 Å². The van der Waals surface area contributed by atoms with E-state index in [1.807, 2.05) is 4.90 Å². The van der Waals surface area contributed by atoms with Gasteiger partial charge in [0, 0.05) is 26.2 Å². The lowest BCUT2D eigenvalue weighted by Gasteiger charge is -2.35. The van der Waals surface area contributed by atoms with Gasteiger partial charge in [0.05, 0.1) is 18.4 Å². The molecule has 0 unspecified atom stereocenters. The van der Waals surface area contributed by atoms with E-state index in [0.29, 0.717) is 49.2 Å². The van der Waals surface area contributed by atoms with Crippen molar-refractivity contribution in [3.63, 3.8) is 0 Å². The fraction of sp³-hybridized carbons (Fsp3) is 0.500. The van der Waals surface area contributed by atoms with E-state index >= 15 is 0 Å². The summed E-state index contributed by atoms with van der Waals surface area (Å²) in [6.07, 6.45) is 1.29. The molecule has 1 aliphatic rings. The molecule has 1 aromatic rings. The third kappa shape index (κ3) is 3.13. The van der Waals surface area contributed by atoms with Gasteiger partial charge in [-0.1, -0.05) is 12.2 Å². The molecular formula is C12H17N5O2S. The summed E-state index contributed by atoms with van der Waals surface area (Å²) in [6.45, 7) is 4.62. The zero-order valence-corrected chi connectivity index (χ0v) is 12.1. The Balaban J connectivity index is 2.04. The fourth-order valence-corrected chi connectivity index (χ4v) is 2.23. The number of nitrogens with zero attached hydrogens (tertiary/aromatic N) is 4. The van der Waals surface area contributed by atoms with E-state index in [1.54, 1.807) is 24.1 Å². The van der Waals surface area contributed by atoms with Crippen LogP contribution in [-0.2, 0) is 4.74 Å². The minimum atomic E-state index is -0.277. The highest BCUT2D eigenvalue weighted by Crippen LogP contribution is 2.18. The molecule has 1 aliphatic heterocycles. The monoisotopic (exact) mass is 295 g/mol. The summed E-state index contributed by atoms with van der Waals surface area (Å²) in [4.78, 5) is 15.6. The lowest BCUT2D eigenvalue weighted by atomic mass is 10.2. The Hall–Kier alpha value is -1.96. The Morgan fingerprint density at radius 1 is 1.45 bits per heavy atom. The van der Waals surface area contributed by atoms with Crippen molar-refractivity contribution in [2.45, 2.75) is 6.92 Å². The Morgan fingerprint density at radius 3 is 2.75 bits per heavy atom. The number of piperazine rings is 1. The van der Waals surface area contributed by atoms with Gasteiger partial charge >= 0.3 is 6.09 Å². The molecule has 0 saturated carbocycles. The average Bonchev–Trinajstić information content (AvgIpc) is 2.47. The number of rotatable bonds is 3. The van der Waals surface area contributed by atoms with Gasteiger partial charge in [0.15, 0.2) is 5.82 Å². The largest absolute Gasteiger partial charge is 0.450 e. The third-order valence-electron chi connectivity index (χ3n) is 3.07. The summed E-state index contributed by atoms with van der Waals surface area (Å²) in [5.41, 5.74) is 6.40. The summed E-state index contributed by atoms with van der Waals surface area (Å²) in [6, 6.07) is 1.75. The molecular weight excluding hydrogens is 278 g/mol. The maximum Gasteiger partial charge on any atom is 0.409 e. The zero-order chi connectivity index (χ0) is 14.5. The predicted molar refractivity (Wildman–Crippen MR) is 78.7 cm³/mol. The second-order valence-corrected chi connectivity index (χ2v) is 4.75. The lowest BCUT2D eigenvalue weighted by Crippen LogP contribution is -2.49. The molecule has 1 saturated heterocycles. The Labute approximate surface area is 122 Å². The van der Waals surface area contributed by atoms with Crippen LogP contribution in [0.2, 0.25) is 0 Å². The number of hydrogen-bond donors (Lipinski definition) is 1. The van der Waals surface area contributed by atoms with Crippen molar-refractivity contribution in [2.24, 2.45) is 5.73 Å². The molecule has 2 N–H and O–H groups in total. The van der Waals surface area contributed by atoms with Crippen LogP contribution < -0.4 is 10.6 Å². The number of carbonyl (C=O) groups is 1. The van der Waals surface area contributed by atoms with Crippen molar-refractivity contribution in [2.75, 3.05) is 37.7 Å². The van der Waals surface area contributed by atoms with Crippen LogP contribution in [0.25, 0.3) is 0 Å². The number of amides is 1. The molecule has 108 valence electrons. The number of anilines is 1. The van der Waals surface area contributed by atoms with Crippen molar-refractivity contribution in [1.82, 2.24) is 15.1 Å². The third-order valence-corrected chi connectivity index (χ3v) is 3.29. The molecule has 1 aromatic heterocycles. The molecule has 7 nitrogen and oxygen atoms in total. The number of carbonyl (C=O) groups excluding carboxylic acids is 1. The maximum absolute atomic E-state index is 11.6. The normalized spacial score (nSPS) is 15.1. The van der Waals surface area contributed by atoms with E-state index in [2.05, 4.69) is 10.2 Å². The molecule has 0 bridgehead atoms. The summed E-state index contributed by atoms with van der Waals surface area (Å²) in [5.74, 6) is 0.670. The van der Waals surface area contributed by atoms with Crippen molar-refractivity contribution in [3.8, 4) is 0 Å². The first-order chi connectivity index (χ1) is 9.63. The van der Waals surface area contributed by atoms with E-state index < -0.39 is 0 Å². The molecule has 8 heteroatoms. The molecule has 0 atom stereocenters. The standard InChI is InChI=1S/C12H17N5O2S/c1-2-19-12(18)17-7-5-16(6-8-17)11-9(10(13)20)3-4-14-15-11/h3-4H,2,5-8H2,1H3,(H2,13,20). The number of ether oxygens (including phenoxy) is 1. The zero-order valence-electron chi connectivity index (χ0n) is 11.3. The fourth-order valence-electron chi connectivity index (χ4n) is 2.07. The Kier molecular flexibility index (Phi) is 4.67. The molecule has 1 fully saturated rings. The van der Waals surface area contributed by atoms with E-state index in [-0.39, 0.29) is 6.09 Å². The molecule has 0 spiro atoms. The van der Waals surface area contributed by atoms with Crippen LogP contribution in [0.4, 0.5) is 10.6 Å². The average molecular weight is 295 g/mol. The topological polar surface area (TPSA) is 84.6 Å². The van der Waals surface area contributed by atoms with Crippen LogP contribution in [0.1, 0.15) is 12.5 Å². The summed E-state index contributed by atoms with van der Waals surface area (Å²) < 4.78 is 4.98. The summed E-state index contributed by atoms with van der Waals surface area (Å²) >= 11 is 5.02. The van der Waals surface area contributed by atoms with Gasteiger partial charge < -0.3 is 20.3 Å². The Bertz CT molecular complexity index is 502. The highest BCUT2D eigenvalue weighted by molar-refractivity contribution is 7.80. The van der Waals surface area contributed by atoms with Gasteiger partial charge in [-0.15, -0.1) is 5.10 Å². The van der Waals surface area contributed by atoms with Crippen LogP contribution in [-0.4, -0.2) is 59.0 Å². The van der Waals surface area contributed by atoms with Crippen molar-refractivity contribution in [1.29, 1.82) is 0 Å². The van der Waals surface area contributed by atoms with Crippen molar-refractivity contribution < 1.29 is 9.53 Å². The number of thiocarbonyl (C=S) groups is 1. The van der Waals surface area contributed by atoms with Crippen molar-refractivity contribution >= 4 is 29.1 Å². The van der Waals surface area contributed by atoms with Crippen LogP contribution >= 0.6 is 12.2 Å². The number of nitrogens with two attached hydrogens (primary N) is 1. The first-order valence-corrected chi connectivity index (χ1v) is 6.82. The molecule has 0 aliphatic carbocycles. The lowest BCUT2D eigenvalue weighted by molar-refractivity contribution is 0.105. The first-order valence-electron chi connectivity index (χ1n) is 6.41. The second kappa shape index (κ2) is 6.47. The molecule has 0 radical (unpaired) electrons. The minimum Gasteiger partial charge on any atom is -0.450 e. The van der Waals surface area contributed by atoms with Crippen molar-refractivity contribution in [3.05, 3.63) is 17.8 Å². The quantitative estimate of drug-likeness (QED) is 0.807. The predicted octanol–water partition coefficient (Wildman–Crippen LogP) is 0.389. The van der Waals surface area contributed by atoms with Gasteiger partial charge in [-0.3, -0.25) is 0 Å². The van der Waals surface area contributed by atoms with Gasteiger partial charge in [0.1, 0.15) is 4.99 Å². The van der Waals surface area contributed by atoms with Crippen LogP contribution in [0.15, 0.2) is 12.3 Å². The number of hydrogen-bond acceptors (Lipinski definition) is 6. The van der Waals surface area contributed by atoms with Gasteiger partial charge in [-0.25, -0.2) is 4.79 Å². The molecule has 2 heterocycles. The Morgan fingerprint density at radius 2 is 2.15 bits per heavy atom. The van der Waals surface area contributed by atoms with Crippen LogP contribution in [0, 0.1) is 0 Å². The van der Waals surface area contributed by atoms with Crippen LogP contribution in [0.3, 0.4) is 0 Å². The smallest absolute Gasteiger partial charge is 0.409 e. The molecule has 20 heavy (non-hydrogen) atoms. The highest BCUT2D eigenvalue weighted by atomic mass is 32.1. The second-order valence-electron chi connectivity index (χ2n) is 4.31. The maximum atomic E-state index is 11.6. The summed E-state index contributed by atoms with van der Waals surface area (Å²) in [5, 5.41) is 7.98. The first kappa shape index (κ1) is 14.4. The van der Waals surface area contributed by atoms with Crippen LogP contribution in [0.5, 0.6) is 0 Å². The number of aromatic nitrogens is 2. The van der Waals surface area contributed by atoms with E-state index in [9.17, 15) is 4.79 Å². The van der Waals surface area contributed by atoms with E-state index in [1.165, 1.54) is 0 Å². The summed E-state index contributed by atoms with van der Waals surface area (Å²) in [7, 11) is 0. The highest BCUT2D eigenvalue weighted by Gasteiger charge is 2.24. The van der Waals surface area contributed by atoms with E-state index in [0.717, 1.165) is 0 Å².